The summed E-state index contributed by atoms with van der Waals surface area (Å²) >= 11 is 14.6. The molecule has 8 nitrogen and oxygen atoms in total. The SMILES string of the molecule is CC(C)N1C=C([C@@H](Nc2cc(Cl)c3ncc(C#N)c(Nc4ccc(F)c(Cl)c4)c3c2)c2csc3c2CCN(C)C3)NN1. The molecule has 0 saturated carbocycles. The Morgan fingerprint density at radius 1 is 1.17 bits per heavy atom. The predicted octanol–water partition coefficient (Wildman–Crippen LogP) is 7.07. The first-order valence-electron chi connectivity index (χ1n) is 13.5. The number of nitrogens with zero attached hydrogens (tertiary/aromatic N) is 4. The number of hydrazine groups is 2. The molecule has 0 aliphatic carbocycles. The second-order valence-corrected chi connectivity index (χ2v) is 12.5. The molecule has 0 bridgehead atoms. The fourth-order valence-corrected chi connectivity index (χ4v) is 6.92. The van der Waals surface area contributed by atoms with E-state index in [9.17, 15) is 9.65 Å². The Kier molecular flexibility index (Phi) is 7.87. The lowest BCUT2D eigenvalue weighted by Gasteiger charge is -2.26. The molecule has 2 aliphatic heterocycles. The van der Waals surface area contributed by atoms with Gasteiger partial charge >= 0.3 is 0 Å². The Morgan fingerprint density at radius 3 is 2.71 bits per heavy atom. The van der Waals surface area contributed by atoms with Gasteiger partial charge in [0.05, 0.1) is 38.6 Å². The van der Waals surface area contributed by atoms with Crippen LogP contribution in [-0.2, 0) is 13.0 Å². The summed E-state index contributed by atoms with van der Waals surface area (Å²) in [5.41, 5.74) is 12.8. The van der Waals surface area contributed by atoms with Crippen molar-refractivity contribution in [2.24, 2.45) is 0 Å². The zero-order valence-electron chi connectivity index (χ0n) is 23.2. The predicted molar refractivity (Wildman–Crippen MR) is 168 cm³/mol. The third-order valence-corrected chi connectivity index (χ3v) is 9.11. The van der Waals surface area contributed by atoms with Crippen molar-refractivity contribution in [3.63, 3.8) is 0 Å². The molecule has 2 aliphatic rings. The summed E-state index contributed by atoms with van der Waals surface area (Å²) in [5, 5.41) is 22.2. The van der Waals surface area contributed by atoms with E-state index in [0.29, 0.717) is 32.9 Å². The fourth-order valence-electron chi connectivity index (χ4n) is 5.26. The Balaban J connectivity index is 1.44. The van der Waals surface area contributed by atoms with Crippen LogP contribution in [0.2, 0.25) is 10.0 Å². The van der Waals surface area contributed by atoms with Gasteiger partial charge in [-0.3, -0.25) is 9.99 Å². The van der Waals surface area contributed by atoms with Crippen LogP contribution in [0.4, 0.5) is 21.5 Å². The lowest BCUT2D eigenvalue weighted by atomic mass is 9.96. The van der Waals surface area contributed by atoms with E-state index in [4.69, 9.17) is 23.2 Å². The van der Waals surface area contributed by atoms with E-state index in [-0.39, 0.29) is 17.1 Å². The molecular weight excluding hydrogens is 594 g/mol. The van der Waals surface area contributed by atoms with Crippen LogP contribution in [0, 0.1) is 17.1 Å². The number of nitrogens with one attached hydrogen (secondary N) is 4. The van der Waals surface area contributed by atoms with Crippen LogP contribution in [0.1, 0.15) is 41.5 Å². The van der Waals surface area contributed by atoms with Gasteiger partial charge in [-0.2, -0.15) is 5.26 Å². The molecule has 6 rings (SSSR count). The van der Waals surface area contributed by atoms with Crippen molar-refractivity contribution in [2.45, 2.75) is 38.9 Å². The van der Waals surface area contributed by atoms with Gasteiger partial charge in [-0.1, -0.05) is 23.2 Å². The fraction of sp³-hybridized carbons (Fsp3) is 0.267. The number of halogens is 3. The summed E-state index contributed by atoms with van der Waals surface area (Å²) in [5.74, 6) is -0.523. The lowest BCUT2D eigenvalue weighted by molar-refractivity contribution is 0.220. The van der Waals surface area contributed by atoms with E-state index in [1.165, 1.54) is 34.3 Å². The molecule has 12 heteroatoms. The van der Waals surface area contributed by atoms with E-state index in [1.807, 2.05) is 17.1 Å². The zero-order valence-corrected chi connectivity index (χ0v) is 25.6. The molecule has 4 heterocycles. The molecule has 0 radical (unpaired) electrons. The number of pyridine rings is 1. The molecule has 0 unspecified atom stereocenters. The Morgan fingerprint density at radius 2 is 1.98 bits per heavy atom. The van der Waals surface area contributed by atoms with Crippen molar-refractivity contribution in [2.75, 3.05) is 24.2 Å². The summed E-state index contributed by atoms with van der Waals surface area (Å²) in [6.45, 7) is 6.16. The molecule has 1 atom stereocenters. The molecule has 0 fully saturated rings. The normalized spacial score (nSPS) is 15.8. The topological polar surface area (TPSA) is 91.3 Å². The first-order valence-corrected chi connectivity index (χ1v) is 15.2. The molecule has 2 aromatic carbocycles. The van der Waals surface area contributed by atoms with Gasteiger partial charge in [0.25, 0.3) is 0 Å². The summed E-state index contributed by atoms with van der Waals surface area (Å²) in [7, 11) is 2.15. The van der Waals surface area contributed by atoms with Gasteiger partial charge < -0.3 is 21.0 Å². The molecule has 0 saturated heterocycles. The van der Waals surface area contributed by atoms with E-state index in [1.54, 1.807) is 17.4 Å². The number of hydrogen-bond donors (Lipinski definition) is 4. The van der Waals surface area contributed by atoms with Gasteiger partial charge in [0.15, 0.2) is 0 Å². The number of likely N-dealkylation sites (N-methyl/N-ethyl adjacent to an activating group) is 1. The number of rotatable bonds is 7. The Labute approximate surface area is 257 Å². The van der Waals surface area contributed by atoms with Crippen molar-refractivity contribution in [3.8, 4) is 6.07 Å². The summed E-state index contributed by atoms with van der Waals surface area (Å²) < 4.78 is 13.8. The summed E-state index contributed by atoms with van der Waals surface area (Å²) in [6.07, 6.45) is 4.54. The molecule has 0 spiro atoms. The van der Waals surface area contributed by atoms with Crippen LogP contribution in [0.5, 0.6) is 0 Å². The average molecular weight is 624 g/mol. The minimum Gasteiger partial charge on any atom is -0.373 e. The van der Waals surface area contributed by atoms with Gasteiger partial charge in [0.1, 0.15) is 11.9 Å². The number of fused-ring (bicyclic) bond motifs is 2. The van der Waals surface area contributed by atoms with Crippen molar-refractivity contribution < 1.29 is 4.39 Å². The average Bonchev–Trinajstić information content (AvgIpc) is 3.62. The third kappa shape index (κ3) is 5.46. The highest BCUT2D eigenvalue weighted by molar-refractivity contribution is 7.10. The van der Waals surface area contributed by atoms with Crippen LogP contribution in [-0.4, -0.2) is 34.5 Å². The van der Waals surface area contributed by atoms with E-state index >= 15 is 0 Å². The van der Waals surface area contributed by atoms with Crippen molar-refractivity contribution in [1.82, 2.24) is 25.9 Å². The number of hydrogen-bond acceptors (Lipinski definition) is 9. The largest absolute Gasteiger partial charge is 0.373 e. The van der Waals surface area contributed by atoms with Crippen LogP contribution in [0.25, 0.3) is 10.9 Å². The number of aromatic nitrogens is 1. The van der Waals surface area contributed by atoms with Gasteiger partial charge in [-0.25, -0.2) is 4.39 Å². The lowest BCUT2D eigenvalue weighted by Crippen LogP contribution is -2.41. The first-order chi connectivity index (χ1) is 20.2. The Bertz CT molecular complexity index is 1750. The van der Waals surface area contributed by atoms with Gasteiger partial charge in [-0.05, 0) is 74.2 Å². The maximum Gasteiger partial charge on any atom is 0.141 e. The first kappa shape index (κ1) is 28.5. The summed E-state index contributed by atoms with van der Waals surface area (Å²) in [6, 6.07) is 10.4. The Hall–Kier alpha value is -3.59. The number of thiophene rings is 1. The second kappa shape index (κ2) is 11.6. The van der Waals surface area contributed by atoms with Crippen LogP contribution in [0.15, 0.2) is 53.8 Å². The maximum absolute atomic E-state index is 13.8. The van der Waals surface area contributed by atoms with E-state index < -0.39 is 5.82 Å². The van der Waals surface area contributed by atoms with Crippen molar-refractivity contribution in [3.05, 3.63) is 91.2 Å². The van der Waals surface area contributed by atoms with E-state index in [0.717, 1.165) is 30.9 Å². The van der Waals surface area contributed by atoms with Crippen molar-refractivity contribution in [1.29, 1.82) is 5.26 Å². The molecule has 4 aromatic rings. The minimum absolute atomic E-state index is 0.0215. The maximum atomic E-state index is 13.8. The number of anilines is 3. The molecule has 216 valence electrons. The highest BCUT2D eigenvalue weighted by Gasteiger charge is 2.29. The monoisotopic (exact) mass is 622 g/mol. The number of benzene rings is 2. The van der Waals surface area contributed by atoms with Crippen molar-refractivity contribution >= 4 is 62.5 Å². The molecule has 4 N–H and O–H groups in total. The van der Waals surface area contributed by atoms with Crippen LogP contribution >= 0.6 is 34.5 Å². The highest BCUT2D eigenvalue weighted by atomic mass is 35.5. The van der Waals surface area contributed by atoms with Gasteiger partial charge in [0, 0.05) is 53.2 Å². The molecule has 42 heavy (non-hydrogen) atoms. The highest BCUT2D eigenvalue weighted by Crippen LogP contribution is 2.40. The molecule has 2 aromatic heterocycles. The quantitative estimate of drug-likeness (QED) is 0.174. The number of nitriles is 1. The molecular formula is C30H29Cl2FN8S. The van der Waals surface area contributed by atoms with Gasteiger partial charge in [-0.15, -0.1) is 16.9 Å². The smallest absolute Gasteiger partial charge is 0.141 e. The standard InChI is InChI=1S/C30H29Cl2FN8S/c1-16(2)41-13-26(38-39-41)30(22-15-42-27-14-40(3)7-6-20(22)27)37-19-8-21-28(36-18-4-5-25(33)23(31)9-18)17(11-34)12-35-29(21)24(32)10-19/h4-5,8-10,12-13,15-16,30,37-39H,6-7,14H2,1-3H3,(H,35,36)/t30-/m0/s1. The third-order valence-electron chi connectivity index (χ3n) is 7.50. The van der Waals surface area contributed by atoms with Crippen LogP contribution in [0.3, 0.4) is 0 Å². The summed E-state index contributed by atoms with van der Waals surface area (Å²) in [4.78, 5) is 8.19. The zero-order chi connectivity index (χ0) is 29.5. The molecule has 0 amide bonds. The van der Waals surface area contributed by atoms with E-state index in [2.05, 4.69) is 70.0 Å². The second-order valence-electron chi connectivity index (χ2n) is 10.7. The minimum atomic E-state index is -0.523. The van der Waals surface area contributed by atoms with Crippen LogP contribution < -0.4 is 21.6 Å². The van der Waals surface area contributed by atoms with Gasteiger partial charge in [0.2, 0.25) is 0 Å².